The standard InChI is InChI=1S/C33H23N3/c1-33(2)27-14-5-3-11-24(27)25-16-17-30-31(32(25)33)26-12-4-6-15-29(26)36(30)22-10-7-9-21(19-22)23-13-8-18-35-28(23)20-34/h3-19H,1-2H3. The van der Waals surface area contributed by atoms with Crippen molar-refractivity contribution in [3.8, 4) is 34.0 Å². The lowest BCUT2D eigenvalue weighted by Crippen LogP contribution is -2.15. The number of para-hydroxylation sites is 1. The summed E-state index contributed by atoms with van der Waals surface area (Å²) in [6.45, 7) is 4.69. The van der Waals surface area contributed by atoms with Gasteiger partial charge in [0.05, 0.1) is 11.0 Å². The van der Waals surface area contributed by atoms with Crippen LogP contribution in [0.1, 0.15) is 30.7 Å². The van der Waals surface area contributed by atoms with Gasteiger partial charge in [-0.25, -0.2) is 4.98 Å². The molecule has 36 heavy (non-hydrogen) atoms. The van der Waals surface area contributed by atoms with Gasteiger partial charge in [-0.3, -0.25) is 0 Å². The SMILES string of the molecule is CC1(C)c2ccccc2-c2ccc3c(c21)c1ccccc1n3-c1cccc(-c2cccnc2C#N)c1. The first kappa shape index (κ1) is 20.7. The fraction of sp³-hybridized carbons (Fsp3) is 0.0909. The topological polar surface area (TPSA) is 41.6 Å². The Morgan fingerprint density at radius 3 is 2.44 bits per heavy atom. The molecule has 0 spiro atoms. The van der Waals surface area contributed by atoms with Gasteiger partial charge in [-0.1, -0.05) is 74.5 Å². The van der Waals surface area contributed by atoms with E-state index in [1.807, 2.05) is 18.2 Å². The van der Waals surface area contributed by atoms with E-state index in [1.54, 1.807) is 6.20 Å². The second kappa shape index (κ2) is 7.41. The van der Waals surface area contributed by atoms with Gasteiger partial charge in [-0.2, -0.15) is 5.26 Å². The zero-order chi connectivity index (χ0) is 24.4. The molecule has 3 heteroatoms. The smallest absolute Gasteiger partial charge is 0.148 e. The number of nitrogens with zero attached hydrogens (tertiary/aromatic N) is 3. The molecule has 0 aliphatic heterocycles. The van der Waals surface area contributed by atoms with Crippen LogP contribution in [0.15, 0.2) is 103 Å². The van der Waals surface area contributed by atoms with Crippen molar-refractivity contribution in [1.82, 2.24) is 9.55 Å². The van der Waals surface area contributed by atoms with Crippen LogP contribution in [-0.2, 0) is 5.41 Å². The van der Waals surface area contributed by atoms with E-state index in [0.717, 1.165) is 16.8 Å². The fourth-order valence-corrected chi connectivity index (χ4v) is 6.15. The Bertz CT molecular complexity index is 1880. The maximum Gasteiger partial charge on any atom is 0.148 e. The molecule has 0 atom stereocenters. The largest absolute Gasteiger partial charge is 0.309 e. The number of nitriles is 1. The van der Waals surface area contributed by atoms with Crippen molar-refractivity contribution in [2.24, 2.45) is 0 Å². The van der Waals surface area contributed by atoms with Crippen molar-refractivity contribution in [3.63, 3.8) is 0 Å². The lowest BCUT2D eigenvalue weighted by atomic mass is 9.80. The maximum atomic E-state index is 9.61. The van der Waals surface area contributed by atoms with Crippen molar-refractivity contribution < 1.29 is 0 Å². The molecule has 7 rings (SSSR count). The van der Waals surface area contributed by atoms with E-state index in [1.165, 1.54) is 44.1 Å². The molecule has 0 amide bonds. The third-order valence-electron chi connectivity index (χ3n) is 7.68. The minimum Gasteiger partial charge on any atom is -0.309 e. The van der Waals surface area contributed by atoms with Gasteiger partial charge in [0, 0.05) is 33.6 Å². The Morgan fingerprint density at radius 1 is 0.750 bits per heavy atom. The molecule has 0 bridgehead atoms. The number of fused-ring (bicyclic) bond motifs is 7. The highest BCUT2D eigenvalue weighted by atomic mass is 15.0. The highest BCUT2D eigenvalue weighted by molar-refractivity contribution is 6.14. The molecule has 2 aromatic heterocycles. The van der Waals surface area contributed by atoms with E-state index < -0.39 is 0 Å². The van der Waals surface area contributed by atoms with E-state index >= 15 is 0 Å². The molecule has 0 saturated heterocycles. The molecule has 2 heterocycles. The van der Waals surface area contributed by atoms with Crippen LogP contribution in [0.4, 0.5) is 0 Å². The quantitative estimate of drug-likeness (QED) is 0.262. The van der Waals surface area contributed by atoms with Gasteiger partial charge in [0.25, 0.3) is 0 Å². The third-order valence-corrected chi connectivity index (χ3v) is 7.68. The molecular formula is C33H23N3. The Labute approximate surface area is 209 Å². The predicted molar refractivity (Wildman–Crippen MR) is 146 cm³/mol. The zero-order valence-electron chi connectivity index (χ0n) is 20.2. The number of hydrogen-bond donors (Lipinski definition) is 0. The lowest BCUT2D eigenvalue weighted by Gasteiger charge is -2.22. The summed E-state index contributed by atoms with van der Waals surface area (Å²) >= 11 is 0. The highest BCUT2D eigenvalue weighted by Crippen LogP contribution is 2.53. The first-order valence-electron chi connectivity index (χ1n) is 12.2. The van der Waals surface area contributed by atoms with Crippen molar-refractivity contribution in [2.75, 3.05) is 0 Å². The van der Waals surface area contributed by atoms with E-state index in [0.29, 0.717) is 5.69 Å². The monoisotopic (exact) mass is 461 g/mol. The average Bonchev–Trinajstić information content (AvgIpc) is 3.38. The molecule has 1 aliphatic rings. The summed E-state index contributed by atoms with van der Waals surface area (Å²) in [5.74, 6) is 0. The molecule has 1 aliphatic carbocycles. The number of rotatable bonds is 2. The molecule has 0 radical (unpaired) electrons. The highest BCUT2D eigenvalue weighted by Gasteiger charge is 2.37. The molecule has 0 saturated carbocycles. The molecule has 0 unspecified atom stereocenters. The van der Waals surface area contributed by atoms with Crippen LogP contribution < -0.4 is 0 Å². The normalized spacial score (nSPS) is 13.5. The number of hydrogen-bond acceptors (Lipinski definition) is 2. The van der Waals surface area contributed by atoms with Gasteiger partial charge in [0.1, 0.15) is 11.8 Å². The van der Waals surface area contributed by atoms with Gasteiger partial charge in [-0.15, -0.1) is 0 Å². The van der Waals surface area contributed by atoms with Crippen molar-refractivity contribution >= 4 is 21.8 Å². The summed E-state index contributed by atoms with van der Waals surface area (Å²) < 4.78 is 2.36. The van der Waals surface area contributed by atoms with E-state index in [2.05, 4.69) is 108 Å². The van der Waals surface area contributed by atoms with Crippen LogP contribution in [0.5, 0.6) is 0 Å². The van der Waals surface area contributed by atoms with Gasteiger partial charge >= 0.3 is 0 Å². The molecule has 6 aromatic rings. The van der Waals surface area contributed by atoms with Gasteiger partial charge in [0.2, 0.25) is 0 Å². The summed E-state index contributed by atoms with van der Waals surface area (Å²) in [6.07, 6.45) is 1.67. The summed E-state index contributed by atoms with van der Waals surface area (Å²) in [6, 6.07) is 36.5. The molecule has 4 aromatic carbocycles. The summed E-state index contributed by atoms with van der Waals surface area (Å²) in [5, 5.41) is 12.2. The molecule has 3 nitrogen and oxygen atoms in total. The Kier molecular flexibility index (Phi) is 4.25. The second-order valence-corrected chi connectivity index (χ2v) is 9.97. The minimum atomic E-state index is -0.0976. The summed E-state index contributed by atoms with van der Waals surface area (Å²) in [4.78, 5) is 4.27. The zero-order valence-corrected chi connectivity index (χ0v) is 20.2. The maximum absolute atomic E-state index is 9.61. The Balaban J connectivity index is 1.55. The Morgan fingerprint density at radius 2 is 1.56 bits per heavy atom. The summed E-state index contributed by atoms with van der Waals surface area (Å²) in [5.41, 5.74) is 11.0. The van der Waals surface area contributed by atoms with Crippen molar-refractivity contribution in [3.05, 3.63) is 120 Å². The van der Waals surface area contributed by atoms with Crippen LogP contribution in [0.25, 0.3) is 49.7 Å². The Hall–Kier alpha value is -4.68. The first-order chi connectivity index (χ1) is 17.6. The molecular weight excluding hydrogens is 438 g/mol. The molecule has 0 N–H and O–H groups in total. The number of aromatic nitrogens is 2. The van der Waals surface area contributed by atoms with Crippen LogP contribution in [0, 0.1) is 11.3 Å². The van der Waals surface area contributed by atoms with Crippen LogP contribution in [0.3, 0.4) is 0 Å². The van der Waals surface area contributed by atoms with Crippen LogP contribution >= 0.6 is 0 Å². The van der Waals surface area contributed by atoms with E-state index in [9.17, 15) is 5.26 Å². The number of pyridine rings is 1. The van der Waals surface area contributed by atoms with Crippen LogP contribution in [0.2, 0.25) is 0 Å². The fourth-order valence-electron chi connectivity index (χ4n) is 6.15. The van der Waals surface area contributed by atoms with Crippen LogP contribution in [-0.4, -0.2) is 9.55 Å². The van der Waals surface area contributed by atoms with Gasteiger partial charge in [-0.05, 0) is 64.2 Å². The molecule has 0 fully saturated rings. The van der Waals surface area contributed by atoms with Crippen molar-refractivity contribution in [2.45, 2.75) is 19.3 Å². The van der Waals surface area contributed by atoms with E-state index in [-0.39, 0.29) is 5.41 Å². The van der Waals surface area contributed by atoms with E-state index in [4.69, 9.17) is 0 Å². The van der Waals surface area contributed by atoms with Crippen molar-refractivity contribution in [1.29, 1.82) is 5.26 Å². The average molecular weight is 462 g/mol. The molecule has 170 valence electrons. The lowest BCUT2D eigenvalue weighted by molar-refractivity contribution is 0.666. The second-order valence-electron chi connectivity index (χ2n) is 9.97. The minimum absolute atomic E-state index is 0.0976. The third kappa shape index (κ3) is 2.70. The first-order valence-corrected chi connectivity index (χ1v) is 12.2. The summed E-state index contributed by atoms with van der Waals surface area (Å²) in [7, 11) is 0. The van der Waals surface area contributed by atoms with Gasteiger partial charge in [0.15, 0.2) is 0 Å². The predicted octanol–water partition coefficient (Wildman–Crippen LogP) is 8.02. The number of benzene rings is 4. The van der Waals surface area contributed by atoms with Gasteiger partial charge < -0.3 is 4.57 Å².